The Morgan fingerprint density at radius 2 is 1.13 bits per heavy atom. The van der Waals surface area contributed by atoms with Gasteiger partial charge in [-0.3, -0.25) is 9.59 Å². The van der Waals surface area contributed by atoms with Crippen LogP contribution in [0.2, 0.25) is 5.04 Å². The second kappa shape index (κ2) is 13.5. The summed E-state index contributed by atoms with van der Waals surface area (Å²) in [7, 11) is -2.91. The molecule has 3 rings (SSSR count). The molecular formula is C31H38O6Si. The van der Waals surface area contributed by atoms with Gasteiger partial charge in [0.15, 0.2) is 0 Å². The van der Waals surface area contributed by atoms with Crippen LogP contribution >= 0.6 is 0 Å². The predicted octanol–water partition coefficient (Wildman–Crippen LogP) is 4.96. The van der Waals surface area contributed by atoms with Gasteiger partial charge in [-0.05, 0) is 32.8 Å². The van der Waals surface area contributed by atoms with Crippen LogP contribution in [0.25, 0.3) is 0 Å². The largest absolute Gasteiger partial charge is 0.481 e. The minimum atomic E-state index is -2.91. The maximum absolute atomic E-state index is 11.9. The Hall–Kier alpha value is -3.26. The highest BCUT2D eigenvalue weighted by Gasteiger charge is 2.50. The summed E-state index contributed by atoms with van der Waals surface area (Å²) >= 11 is 0. The lowest BCUT2D eigenvalue weighted by molar-refractivity contribution is -0.143. The van der Waals surface area contributed by atoms with Crippen LogP contribution in [0.3, 0.4) is 0 Å². The van der Waals surface area contributed by atoms with Crippen LogP contribution in [-0.4, -0.2) is 43.7 Å². The molecule has 0 bridgehead atoms. The third-order valence-corrected chi connectivity index (χ3v) is 11.9. The zero-order chi connectivity index (χ0) is 27.6. The fourth-order valence-corrected chi connectivity index (χ4v) is 9.69. The van der Waals surface area contributed by atoms with Crippen LogP contribution in [0.5, 0.6) is 0 Å². The van der Waals surface area contributed by atoms with Crippen LogP contribution < -0.4 is 10.4 Å². The monoisotopic (exact) mass is 534 g/mol. The van der Waals surface area contributed by atoms with Gasteiger partial charge in [0.1, 0.15) is 0 Å². The van der Waals surface area contributed by atoms with Gasteiger partial charge in [-0.1, -0.05) is 112 Å². The number of ether oxygens (including phenoxy) is 1. The maximum atomic E-state index is 11.9. The first-order valence-electron chi connectivity index (χ1n) is 12.9. The van der Waals surface area contributed by atoms with E-state index in [0.717, 1.165) is 15.9 Å². The Kier molecular flexibility index (Phi) is 10.4. The zero-order valence-corrected chi connectivity index (χ0v) is 23.4. The molecule has 2 unspecified atom stereocenters. The quantitative estimate of drug-likeness (QED) is 0.284. The van der Waals surface area contributed by atoms with Gasteiger partial charge in [0, 0.05) is 6.61 Å². The number of rotatable bonds is 14. The van der Waals surface area contributed by atoms with E-state index in [-0.39, 0.29) is 31.1 Å². The zero-order valence-electron chi connectivity index (χ0n) is 22.4. The molecule has 3 aromatic rings. The average Bonchev–Trinajstić information content (AvgIpc) is 2.88. The number of aliphatic carboxylic acids is 2. The fraction of sp³-hybridized carbons (Fsp3) is 0.355. The van der Waals surface area contributed by atoms with E-state index in [1.165, 1.54) is 0 Å². The molecule has 0 saturated heterocycles. The highest BCUT2D eigenvalue weighted by molar-refractivity contribution is 6.99. The summed E-state index contributed by atoms with van der Waals surface area (Å²) < 4.78 is 12.9. The maximum Gasteiger partial charge on any atom is 0.303 e. The van der Waals surface area contributed by atoms with Gasteiger partial charge in [-0.15, -0.1) is 0 Å². The SMILES string of the molecule is CC(C)(C)[Si](OCC(CC(=O)O)C(COCc1ccccc1)CC(=O)O)(c1ccccc1)c1ccccc1. The topological polar surface area (TPSA) is 93.1 Å². The molecular weight excluding hydrogens is 496 g/mol. The Labute approximate surface area is 226 Å². The highest BCUT2D eigenvalue weighted by atomic mass is 28.4. The van der Waals surface area contributed by atoms with E-state index in [9.17, 15) is 19.8 Å². The van der Waals surface area contributed by atoms with Crippen LogP contribution in [-0.2, 0) is 25.4 Å². The Bertz CT molecular complexity index is 1110. The predicted molar refractivity (Wildman–Crippen MR) is 151 cm³/mol. The third-order valence-electron chi connectivity index (χ3n) is 6.91. The van der Waals surface area contributed by atoms with E-state index in [2.05, 4.69) is 45.0 Å². The Morgan fingerprint density at radius 1 is 0.711 bits per heavy atom. The van der Waals surface area contributed by atoms with Crippen molar-refractivity contribution in [3.63, 3.8) is 0 Å². The lowest BCUT2D eigenvalue weighted by atomic mass is 9.88. The van der Waals surface area contributed by atoms with Gasteiger partial charge in [-0.2, -0.15) is 0 Å². The highest BCUT2D eigenvalue weighted by Crippen LogP contribution is 2.37. The first-order chi connectivity index (χ1) is 18.1. The van der Waals surface area contributed by atoms with Gasteiger partial charge in [0.2, 0.25) is 0 Å². The molecule has 0 aliphatic rings. The van der Waals surface area contributed by atoms with Crippen molar-refractivity contribution in [2.24, 2.45) is 11.8 Å². The fourth-order valence-electron chi connectivity index (χ4n) is 5.07. The smallest absolute Gasteiger partial charge is 0.303 e. The van der Waals surface area contributed by atoms with Crippen molar-refractivity contribution >= 4 is 30.6 Å². The molecule has 0 heterocycles. The van der Waals surface area contributed by atoms with Crippen molar-refractivity contribution in [1.82, 2.24) is 0 Å². The molecule has 0 aliphatic carbocycles. The molecule has 2 N–H and O–H groups in total. The van der Waals surface area contributed by atoms with E-state index in [1.807, 2.05) is 66.7 Å². The number of carboxylic acid groups (broad SMARTS) is 2. The van der Waals surface area contributed by atoms with Crippen molar-refractivity contribution in [3.8, 4) is 0 Å². The summed E-state index contributed by atoms with van der Waals surface area (Å²) in [4.78, 5) is 23.7. The number of hydrogen-bond donors (Lipinski definition) is 2. The first kappa shape index (κ1) is 29.3. The van der Waals surface area contributed by atoms with Gasteiger partial charge in [-0.25, -0.2) is 0 Å². The molecule has 0 amide bonds. The lowest BCUT2D eigenvalue weighted by Crippen LogP contribution is -2.67. The molecule has 0 aromatic heterocycles. The molecule has 0 spiro atoms. The second-order valence-electron chi connectivity index (χ2n) is 10.7. The number of benzene rings is 3. The van der Waals surface area contributed by atoms with Gasteiger partial charge in [0.25, 0.3) is 8.32 Å². The molecule has 38 heavy (non-hydrogen) atoms. The molecule has 0 radical (unpaired) electrons. The number of carbonyl (C=O) groups is 2. The molecule has 202 valence electrons. The first-order valence-corrected chi connectivity index (χ1v) is 14.8. The van der Waals surface area contributed by atoms with E-state index in [1.54, 1.807) is 0 Å². The Morgan fingerprint density at radius 3 is 1.55 bits per heavy atom. The second-order valence-corrected chi connectivity index (χ2v) is 15.0. The molecule has 2 atom stereocenters. The normalized spacial score (nSPS) is 13.6. The van der Waals surface area contributed by atoms with Crippen molar-refractivity contribution in [2.75, 3.05) is 13.2 Å². The molecule has 3 aromatic carbocycles. The van der Waals surface area contributed by atoms with Crippen molar-refractivity contribution < 1.29 is 29.0 Å². The molecule has 7 heteroatoms. The molecule has 6 nitrogen and oxygen atoms in total. The van der Waals surface area contributed by atoms with Crippen molar-refractivity contribution in [2.45, 2.75) is 45.3 Å². The Balaban J connectivity index is 1.94. The summed E-state index contributed by atoms with van der Waals surface area (Å²) in [5.41, 5.74) is 0.972. The van der Waals surface area contributed by atoms with Gasteiger partial charge in [0.05, 0.1) is 26.1 Å². The van der Waals surface area contributed by atoms with E-state index in [4.69, 9.17) is 9.16 Å². The molecule has 0 fully saturated rings. The van der Waals surface area contributed by atoms with Crippen molar-refractivity contribution in [1.29, 1.82) is 0 Å². The van der Waals surface area contributed by atoms with E-state index >= 15 is 0 Å². The van der Waals surface area contributed by atoms with E-state index < -0.39 is 32.1 Å². The van der Waals surface area contributed by atoms with Crippen molar-refractivity contribution in [3.05, 3.63) is 96.6 Å². The minimum absolute atomic E-state index is 0.117. The number of carboxylic acids is 2. The summed E-state index contributed by atoms with van der Waals surface area (Å²) in [5, 5.41) is 21.3. The van der Waals surface area contributed by atoms with Gasteiger partial charge < -0.3 is 19.4 Å². The lowest BCUT2D eigenvalue weighted by Gasteiger charge is -2.44. The molecule has 0 aliphatic heterocycles. The van der Waals surface area contributed by atoms with Crippen LogP contribution in [0, 0.1) is 11.8 Å². The number of hydrogen-bond acceptors (Lipinski definition) is 4. The van der Waals surface area contributed by atoms with Crippen LogP contribution in [0.4, 0.5) is 0 Å². The standard InChI is InChI=1S/C31H38O6Si/c1-31(2,3)38(27-15-9-5-10-16-27,28-17-11-6-12-18-28)37-23-26(20-30(34)35)25(19-29(32)33)22-36-21-24-13-7-4-8-14-24/h4-18,25-26H,19-23H2,1-3H3,(H,32,33)(H,34,35). The minimum Gasteiger partial charge on any atom is -0.481 e. The summed E-state index contributed by atoms with van der Waals surface area (Å²) in [6, 6.07) is 29.9. The van der Waals surface area contributed by atoms with Crippen LogP contribution in [0.1, 0.15) is 39.2 Å². The van der Waals surface area contributed by atoms with Crippen LogP contribution in [0.15, 0.2) is 91.0 Å². The average molecular weight is 535 g/mol. The third kappa shape index (κ3) is 7.63. The molecule has 0 saturated carbocycles. The van der Waals surface area contributed by atoms with Gasteiger partial charge >= 0.3 is 11.9 Å². The van der Waals surface area contributed by atoms with E-state index in [0.29, 0.717) is 6.61 Å². The summed E-state index contributed by atoms with van der Waals surface area (Å²) in [6.45, 7) is 7.04. The summed E-state index contributed by atoms with van der Waals surface area (Å²) in [6.07, 6.45) is -0.401. The summed E-state index contributed by atoms with van der Waals surface area (Å²) in [5.74, 6) is -3.04.